The molecule has 1 heterocycles. The fraction of sp³-hybridized carbons (Fsp3) is 0.417. The van der Waals surface area contributed by atoms with Gasteiger partial charge in [0.2, 0.25) is 0 Å². The summed E-state index contributed by atoms with van der Waals surface area (Å²) >= 11 is 0. The Morgan fingerprint density at radius 2 is 1.93 bits per heavy atom. The van der Waals surface area contributed by atoms with E-state index in [4.69, 9.17) is 4.74 Å². The Morgan fingerprint density at radius 1 is 1.21 bits per heavy atom. The lowest BCUT2D eigenvalue weighted by Crippen LogP contribution is -2.53. The maximum Gasteiger partial charge on any atom is 0.338 e. The number of benzene rings is 2. The van der Waals surface area contributed by atoms with Crippen molar-refractivity contribution in [2.45, 2.75) is 40.2 Å². The van der Waals surface area contributed by atoms with Crippen LogP contribution >= 0.6 is 0 Å². The second-order valence-corrected chi connectivity index (χ2v) is 8.41. The van der Waals surface area contributed by atoms with E-state index in [0.717, 1.165) is 42.0 Å². The van der Waals surface area contributed by atoms with Crippen LogP contribution in [0.15, 0.2) is 36.4 Å². The lowest BCUT2D eigenvalue weighted by atomic mass is 9.78. The monoisotopic (exact) mass is 391 g/mol. The van der Waals surface area contributed by atoms with Gasteiger partial charge in [0.25, 0.3) is 0 Å². The van der Waals surface area contributed by atoms with E-state index in [1.165, 1.54) is 7.11 Å². The molecule has 1 saturated heterocycles. The molecular weight excluding hydrogens is 362 g/mol. The van der Waals surface area contributed by atoms with Gasteiger partial charge in [0.05, 0.1) is 23.9 Å². The van der Waals surface area contributed by atoms with E-state index in [9.17, 15) is 10.1 Å². The van der Waals surface area contributed by atoms with Crippen LogP contribution in [0.2, 0.25) is 0 Å². The van der Waals surface area contributed by atoms with Gasteiger partial charge in [0, 0.05) is 18.3 Å². The molecule has 5 nitrogen and oxygen atoms in total. The molecule has 0 unspecified atom stereocenters. The highest BCUT2D eigenvalue weighted by Crippen LogP contribution is 2.41. The predicted octanol–water partition coefficient (Wildman–Crippen LogP) is 4.49. The van der Waals surface area contributed by atoms with Crippen LogP contribution in [0.3, 0.4) is 0 Å². The van der Waals surface area contributed by atoms with Crippen LogP contribution in [0.1, 0.15) is 47.3 Å². The molecule has 0 spiro atoms. The number of aryl methyl sites for hydroxylation is 2. The SMILES string of the molecule is COC(=O)c1cc(N(c2ccccc2C#N)[C@H]2CCNCC2(C)C)c(C)cc1C. The second kappa shape index (κ2) is 8.26. The van der Waals surface area contributed by atoms with Crippen molar-refractivity contribution >= 4 is 17.3 Å². The summed E-state index contributed by atoms with van der Waals surface area (Å²) in [6.45, 7) is 10.3. The number of anilines is 2. The van der Waals surface area contributed by atoms with E-state index in [-0.39, 0.29) is 17.4 Å². The molecule has 1 aliphatic heterocycles. The van der Waals surface area contributed by atoms with Gasteiger partial charge in [-0.05, 0) is 61.6 Å². The third-order valence-electron chi connectivity index (χ3n) is 5.88. The zero-order valence-corrected chi connectivity index (χ0v) is 17.9. The standard InChI is InChI=1S/C24H29N3O2/c1-16-12-17(2)21(13-19(16)23(28)29-5)27(20-9-7-6-8-18(20)14-25)22-10-11-26-15-24(22,3)4/h6-9,12-13,22,26H,10-11,15H2,1-5H3/t22-/m0/s1. The number of ether oxygens (including phenoxy) is 1. The van der Waals surface area contributed by atoms with Crippen LogP contribution in [0, 0.1) is 30.6 Å². The van der Waals surface area contributed by atoms with E-state index >= 15 is 0 Å². The summed E-state index contributed by atoms with van der Waals surface area (Å²) in [4.78, 5) is 14.6. The average Bonchev–Trinajstić information content (AvgIpc) is 2.70. The van der Waals surface area contributed by atoms with E-state index in [1.54, 1.807) is 0 Å². The van der Waals surface area contributed by atoms with Gasteiger partial charge in [-0.25, -0.2) is 4.79 Å². The molecule has 1 N–H and O–H groups in total. The number of hydrogen-bond donors (Lipinski definition) is 1. The number of carbonyl (C=O) groups excluding carboxylic acids is 1. The number of hydrogen-bond acceptors (Lipinski definition) is 5. The molecule has 0 radical (unpaired) electrons. The van der Waals surface area contributed by atoms with Crippen LogP contribution < -0.4 is 10.2 Å². The molecule has 3 rings (SSSR count). The van der Waals surface area contributed by atoms with E-state index in [2.05, 4.69) is 37.1 Å². The third-order valence-corrected chi connectivity index (χ3v) is 5.88. The Hall–Kier alpha value is -2.84. The first kappa shape index (κ1) is 20.9. The van der Waals surface area contributed by atoms with E-state index in [1.807, 2.05) is 43.3 Å². The minimum absolute atomic E-state index is 0.0242. The van der Waals surface area contributed by atoms with E-state index in [0.29, 0.717) is 11.1 Å². The summed E-state index contributed by atoms with van der Waals surface area (Å²) in [6.07, 6.45) is 0.938. The smallest absolute Gasteiger partial charge is 0.338 e. The average molecular weight is 392 g/mol. The first-order chi connectivity index (χ1) is 13.8. The van der Waals surface area contributed by atoms with Crippen molar-refractivity contribution in [1.82, 2.24) is 5.32 Å². The minimum Gasteiger partial charge on any atom is -0.465 e. The number of nitriles is 1. The summed E-state index contributed by atoms with van der Waals surface area (Å²) in [5, 5.41) is 13.3. The number of nitrogens with zero attached hydrogens (tertiary/aromatic N) is 2. The maximum atomic E-state index is 12.4. The summed E-state index contributed by atoms with van der Waals surface area (Å²) in [5.41, 5.74) is 4.93. The highest BCUT2D eigenvalue weighted by atomic mass is 16.5. The Kier molecular flexibility index (Phi) is 5.95. The zero-order valence-electron chi connectivity index (χ0n) is 17.9. The van der Waals surface area contributed by atoms with E-state index < -0.39 is 0 Å². The number of piperidine rings is 1. The number of rotatable bonds is 4. The zero-order chi connectivity index (χ0) is 21.2. The quantitative estimate of drug-likeness (QED) is 0.778. The third kappa shape index (κ3) is 3.99. The maximum absolute atomic E-state index is 12.4. The molecule has 29 heavy (non-hydrogen) atoms. The second-order valence-electron chi connectivity index (χ2n) is 8.41. The van der Waals surface area contributed by atoms with Crippen molar-refractivity contribution in [2.24, 2.45) is 5.41 Å². The predicted molar refractivity (Wildman–Crippen MR) is 116 cm³/mol. The molecule has 2 aromatic carbocycles. The summed E-state index contributed by atoms with van der Waals surface area (Å²) in [5.74, 6) is -0.346. The van der Waals surface area contributed by atoms with Crippen molar-refractivity contribution in [3.05, 3.63) is 58.7 Å². The van der Waals surface area contributed by atoms with Gasteiger partial charge >= 0.3 is 5.97 Å². The topological polar surface area (TPSA) is 65.4 Å². The van der Waals surface area contributed by atoms with Gasteiger partial charge in [-0.3, -0.25) is 0 Å². The molecule has 0 aromatic heterocycles. The number of carbonyl (C=O) groups is 1. The number of esters is 1. The van der Waals surface area contributed by atoms with Crippen molar-refractivity contribution in [2.75, 3.05) is 25.1 Å². The van der Waals surface area contributed by atoms with Crippen LogP contribution in [0.25, 0.3) is 0 Å². The van der Waals surface area contributed by atoms with Crippen molar-refractivity contribution in [3.63, 3.8) is 0 Å². The number of methoxy groups -OCH3 is 1. The molecular formula is C24H29N3O2. The Bertz CT molecular complexity index is 959. The Labute approximate surface area is 173 Å². The molecule has 0 amide bonds. The number of para-hydroxylation sites is 1. The minimum atomic E-state index is -0.346. The van der Waals surface area contributed by atoms with Gasteiger partial charge in [0.15, 0.2) is 0 Å². The van der Waals surface area contributed by atoms with Crippen LogP contribution in [0.5, 0.6) is 0 Å². The molecule has 1 atom stereocenters. The number of nitrogens with one attached hydrogen (secondary N) is 1. The molecule has 1 fully saturated rings. The van der Waals surface area contributed by atoms with Crippen molar-refractivity contribution in [3.8, 4) is 6.07 Å². The molecule has 2 aromatic rings. The fourth-order valence-corrected chi connectivity index (χ4v) is 4.31. The molecule has 0 bridgehead atoms. The molecule has 152 valence electrons. The van der Waals surface area contributed by atoms with Crippen LogP contribution in [-0.4, -0.2) is 32.2 Å². The lowest BCUT2D eigenvalue weighted by molar-refractivity contribution is 0.0600. The van der Waals surface area contributed by atoms with Gasteiger partial charge in [-0.1, -0.05) is 32.0 Å². The molecule has 5 heteroatoms. The lowest BCUT2D eigenvalue weighted by Gasteiger charge is -2.47. The summed E-state index contributed by atoms with van der Waals surface area (Å²) in [7, 11) is 1.40. The Balaban J connectivity index is 2.27. The fourth-order valence-electron chi connectivity index (χ4n) is 4.31. The van der Waals surface area contributed by atoms with Gasteiger partial charge in [-0.2, -0.15) is 5.26 Å². The Morgan fingerprint density at radius 3 is 2.59 bits per heavy atom. The summed E-state index contributed by atoms with van der Waals surface area (Å²) < 4.78 is 5.01. The van der Waals surface area contributed by atoms with Gasteiger partial charge in [-0.15, -0.1) is 0 Å². The molecule has 0 saturated carbocycles. The van der Waals surface area contributed by atoms with Gasteiger partial charge in [0.1, 0.15) is 6.07 Å². The van der Waals surface area contributed by atoms with Crippen LogP contribution in [0.4, 0.5) is 11.4 Å². The largest absolute Gasteiger partial charge is 0.465 e. The van der Waals surface area contributed by atoms with Crippen molar-refractivity contribution in [1.29, 1.82) is 5.26 Å². The van der Waals surface area contributed by atoms with Crippen LogP contribution in [-0.2, 0) is 4.74 Å². The van der Waals surface area contributed by atoms with Crippen molar-refractivity contribution < 1.29 is 9.53 Å². The molecule has 1 aliphatic rings. The first-order valence-corrected chi connectivity index (χ1v) is 9.99. The van der Waals surface area contributed by atoms with Gasteiger partial charge < -0.3 is 15.0 Å². The highest BCUT2D eigenvalue weighted by Gasteiger charge is 2.38. The summed E-state index contributed by atoms with van der Waals surface area (Å²) in [6, 6.07) is 14.1. The molecule has 0 aliphatic carbocycles. The highest BCUT2D eigenvalue weighted by molar-refractivity contribution is 5.93. The normalized spacial score (nSPS) is 18.0. The first-order valence-electron chi connectivity index (χ1n) is 9.99.